The molecule has 0 unspecified atom stereocenters. The maximum Gasteiger partial charge on any atom is 0.319 e. The molecule has 0 aromatic heterocycles. The second-order valence-electron chi connectivity index (χ2n) is 5.13. The van der Waals surface area contributed by atoms with E-state index in [4.69, 9.17) is 11.6 Å². The predicted molar refractivity (Wildman–Crippen MR) is 92.9 cm³/mol. The third-order valence-corrected chi connectivity index (χ3v) is 3.45. The lowest BCUT2D eigenvalue weighted by Gasteiger charge is -2.16. The van der Waals surface area contributed by atoms with Gasteiger partial charge in [0.25, 0.3) is 0 Å². The Kier molecular flexibility index (Phi) is 5.60. The number of benzene rings is 2. The topological polar surface area (TPSA) is 70.2 Å². The van der Waals surface area contributed by atoms with E-state index in [0.29, 0.717) is 16.4 Å². The third kappa shape index (κ3) is 5.00. The molecule has 0 fully saturated rings. The van der Waals surface area contributed by atoms with E-state index in [9.17, 15) is 9.59 Å². The Bertz CT molecular complexity index is 704. The summed E-state index contributed by atoms with van der Waals surface area (Å²) < 4.78 is 0. The van der Waals surface area contributed by atoms with Crippen molar-refractivity contribution in [2.45, 2.75) is 19.9 Å². The molecule has 0 aliphatic carbocycles. The van der Waals surface area contributed by atoms with E-state index in [-0.39, 0.29) is 5.91 Å². The van der Waals surface area contributed by atoms with Gasteiger partial charge in [0, 0.05) is 16.4 Å². The molecule has 0 saturated heterocycles. The number of carbonyl (C=O) groups excluding carboxylic acids is 2. The van der Waals surface area contributed by atoms with Crippen molar-refractivity contribution in [3.8, 4) is 0 Å². The van der Waals surface area contributed by atoms with Crippen LogP contribution in [0, 0.1) is 6.92 Å². The molecule has 0 radical (unpaired) electrons. The molecular weight excluding hydrogens is 314 g/mol. The molecular formula is C17H18ClN3O2. The third-order valence-electron chi connectivity index (χ3n) is 3.22. The van der Waals surface area contributed by atoms with Crippen LogP contribution in [-0.4, -0.2) is 18.0 Å². The zero-order valence-electron chi connectivity index (χ0n) is 12.9. The molecule has 6 heteroatoms. The summed E-state index contributed by atoms with van der Waals surface area (Å²) in [4.78, 5) is 24.0. The van der Waals surface area contributed by atoms with Crippen molar-refractivity contribution in [3.05, 3.63) is 59.1 Å². The lowest BCUT2D eigenvalue weighted by atomic mass is 10.2. The first-order valence-electron chi connectivity index (χ1n) is 7.15. The molecule has 0 saturated carbocycles. The fourth-order valence-corrected chi connectivity index (χ4v) is 2.19. The summed E-state index contributed by atoms with van der Waals surface area (Å²) in [6.45, 7) is 3.47. The van der Waals surface area contributed by atoms with Gasteiger partial charge in [0.05, 0.1) is 0 Å². The van der Waals surface area contributed by atoms with Crippen LogP contribution < -0.4 is 16.0 Å². The highest BCUT2D eigenvalue weighted by molar-refractivity contribution is 6.30. The number of hydrogen-bond acceptors (Lipinski definition) is 2. The summed E-state index contributed by atoms with van der Waals surface area (Å²) in [6, 6.07) is 13.1. The van der Waals surface area contributed by atoms with Gasteiger partial charge in [-0.15, -0.1) is 0 Å². The van der Waals surface area contributed by atoms with Gasteiger partial charge in [0.15, 0.2) is 0 Å². The van der Waals surface area contributed by atoms with Gasteiger partial charge >= 0.3 is 6.03 Å². The summed E-state index contributed by atoms with van der Waals surface area (Å²) in [7, 11) is 0. The normalized spacial score (nSPS) is 11.4. The van der Waals surface area contributed by atoms with Gasteiger partial charge in [-0.1, -0.05) is 29.8 Å². The Morgan fingerprint density at radius 3 is 2.39 bits per heavy atom. The number of urea groups is 1. The van der Waals surface area contributed by atoms with Gasteiger partial charge in [0.2, 0.25) is 5.91 Å². The summed E-state index contributed by atoms with van der Waals surface area (Å²) in [5.41, 5.74) is 2.18. The van der Waals surface area contributed by atoms with Crippen LogP contribution in [0.5, 0.6) is 0 Å². The zero-order chi connectivity index (χ0) is 16.8. The summed E-state index contributed by atoms with van der Waals surface area (Å²) in [5.74, 6) is -0.307. The Morgan fingerprint density at radius 1 is 1.04 bits per heavy atom. The number of hydrogen-bond donors (Lipinski definition) is 3. The van der Waals surface area contributed by atoms with Crippen LogP contribution in [-0.2, 0) is 4.79 Å². The first-order valence-corrected chi connectivity index (χ1v) is 7.53. The van der Waals surface area contributed by atoms with Gasteiger partial charge in [0.1, 0.15) is 6.04 Å². The number of halogens is 1. The largest absolute Gasteiger partial charge is 0.326 e. The highest BCUT2D eigenvalue weighted by Gasteiger charge is 2.16. The van der Waals surface area contributed by atoms with E-state index in [1.54, 1.807) is 37.3 Å². The van der Waals surface area contributed by atoms with Crippen LogP contribution >= 0.6 is 11.6 Å². The number of aryl methyl sites for hydroxylation is 1. The van der Waals surface area contributed by atoms with Gasteiger partial charge in [-0.25, -0.2) is 4.79 Å². The van der Waals surface area contributed by atoms with Gasteiger partial charge in [-0.2, -0.15) is 0 Å². The van der Waals surface area contributed by atoms with Gasteiger partial charge in [-0.3, -0.25) is 4.79 Å². The van der Waals surface area contributed by atoms with Crippen LogP contribution in [0.3, 0.4) is 0 Å². The minimum Gasteiger partial charge on any atom is -0.326 e. The molecule has 120 valence electrons. The molecule has 3 amide bonds. The van der Waals surface area contributed by atoms with E-state index >= 15 is 0 Å². The van der Waals surface area contributed by atoms with Gasteiger partial charge in [-0.05, 0) is 49.7 Å². The SMILES string of the molecule is Cc1cc(Cl)ccc1NC(=O)[C@@H](C)NC(=O)Nc1ccccc1. The molecule has 0 heterocycles. The fourth-order valence-electron chi connectivity index (χ4n) is 1.96. The molecule has 23 heavy (non-hydrogen) atoms. The van der Waals surface area contributed by atoms with E-state index in [1.165, 1.54) is 0 Å². The van der Waals surface area contributed by atoms with E-state index in [0.717, 1.165) is 5.56 Å². The second kappa shape index (κ2) is 7.65. The Morgan fingerprint density at radius 2 is 1.74 bits per heavy atom. The fraction of sp³-hybridized carbons (Fsp3) is 0.176. The van der Waals surface area contributed by atoms with Crippen molar-refractivity contribution >= 4 is 34.9 Å². The van der Waals surface area contributed by atoms with Crippen LogP contribution in [0.25, 0.3) is 0 Å². The van der Waals surface area contributed by atoms with Crippen molar-refractivity contribution < 1.29 is 9.59 Å². The average molecular weight is 332 g/mol. The minimum atomic E-state index is -0.686. The minimum absolute atomic E-state index is 0.307. The maximum atomic E-state index is 12.2. The molecule has 0 aliphatic heterocycles. The van der Waals surface area contributed by atoms with Crippen LogP contribution in [0.2, 0.25) is 5.02 Å². The molecule has 2 rings (SSSR count). The molecule has 2 aromatic rings. The first kappa shape index (κ1) is 16.8. The van der Waals surface area contributed by atoms with Crippen molar-refractivity contribution in [2.24, 2.45) is 0 Å². The smallest absolute Gasteiger partial charge is 0.319 e. The number of rotatable bonds is 4. The number of nitrogens with one attached hydrogen (secondary N) is 3. The van der Waals surface area contributed by atoms with Crippen LogP contribution in [0.4, 0.5) is 16.2 Å². The maximum absolute atomic E-state index is 12.2. The molecule has 0 spiro atoms. The molecule has 0 bridgehead atoms. The van der Waals surface area contributed by atoms with Crippen molar-refractivity contribution in [2.75, 3.05) is 10.6 Å². The lowest BCUT2D eigenvalue weighted by molar-refractivity contribution is -0.117. The lowest BCUT2D eigenvalue weighted by Crippen LogP contribution is -2.43. The molecule has 1 atom stereocenters. The van der Waals surface area contributed by atoms with Crippen molar-refractivity contribution in [1.82, 2.24) is 5.32 Å². The van der Waals surface area contributed by atoms with Gasteiger partial charge < -0.3 is 16.0 Å². The standard InChI is InChI=1S/C17H18ClN3O2/c1-11-10-13(18)8-9-15(11)21-16(22)12(2)19-17(23)20-14-6-4-3-5-7-14/h3-10,12H,1-2H3,(H,21,22)(H2,19,20,23)/t12-/m1/s1. The Labute approximate surface area is 140 Å². The van der Waals surface area contributed by atoms with Crippen LogP contribution in [0.1, 0.15) is 12.5 Å². The highest BCUT2D eigenvalue weighted by Crippen LogP contribution is 2.19. The first-order chi connectivity index (χ1) is 11.0. The van der Waals surface area contributed by atoms with E-state index in [1.807, 2.05) is 25.1 Å². The Hall–Kier alpha value is -2.53. The van der Waals surface area contributed by atoms with E-state index < -0.39 is 12.1 Å². The molecule has 3 N–H and O–H groups in total. The average Bonchev–Trinajstić information content (AvgIpc) is 2.50. The predicted octanol–water partition coefficient (Wildman–Crippen LogP) is 3.80. The number of anilines is 2. The Balaban J connectivity index is 1.90. The van der Waals surface area contributed by atoms with Crippen molar-refractivity contribution in [1.29, 1.82) is 0 Å². The monoisotopic (exact) mass is 331 g/mol. The number of carbonyl (C=O) groups is 2. The quantitative estimate of drug-likeness (QED) is 0.797. The number of amides is 3. The van der Waals surface area contributed by atoms with E-state index in [2.05, 4.69) is 16.0 Å². The molecule has 0 aliphatic rings. The summed E-state index contributed by atoms with van der Waals surface area (Å²) >= 11 is 5.88. The second-order valence-corrected chi connectivity index (χ2v) is 5.57. The summed E-state index contributed by atoms with van der Waals surface area (Å²) in [5, 5.41) is 8.63. The van der Waals surface area contributed by atoms with Crippen LogP contribution in [0.15, 0.2) is 48.5 Å². The zero-order valence-corrected chi connectivity index (χ0v) is 13.6. The molecule has 5 nitrogen and oxygen atoms in total. The van der Waals surface area contributed by atoms with Crippen molar-refractivity contribution in [3.63, 3.8) is 0 Å². The summed E-state index contributed by atoms with van der Waals surface area (Å²) in [6.07, 6.45) is 0. The molecule has 2 aromatic carbocycles. The number of para-hydroxylation sites is 1. The highest BCUT2D eigenvalue weighted by atomic mass is 35.5.